The minimum Gasteiger partial charge on any atom is -0.492 e. The van der Waals surface area contributed by atoms with Gasteiger partial charge in [0.15, 0.2) is 0 Å². The van der Waals surface area contributed by atoms with Crippen molar-refractivity contribution in [1.29, 1.82) is 0 Å². The summed E-state index contributed by atoms with van der Waals surface area (Å²) in [6.45, 7) is 2.47. The zero-order valence-corrected chi connectivity index (χ0v) is 11.3. The van der Waals surface area contributed by atoms with Crippen LogP contribution in [0.15, 0.2) is 41.6 Å². The third-order valence-electron chi connectivity index (χ3n) is 2.54. The van der Waals surface area contributed by atoms with Crippen LogP contribution in [-0.4, -0.2) is 24.8 Å². The minimum atomic E-state index is -3.86. The molecule has 0 spiro atoms. The van der Waals surface area contributed by atoms with Gasteiger partial charge in [-0.05, 0) is 24.6 Å². The number of aromatic nitrogens is 2. The van der Waals surface area contributed by atoms with Gasteiger partial charge in [0.2, 0.25) is 10.0 Å². The Morgan fingerprint density at radius 2 is 2.16 bits per heavy atom. The second-order valence-electron chi connectivity index (χ2n) is 3.93. The van der Waals surface area contributed by atoms with Gasteiger partial charge < -0.3 is 4.74 Å². The van der Waals surface area contributed by atoms with Crippen molar-refractivity contribution < 1.29 is 13.2 Å². The van der Waals surface area contributed by atoms with Crippen molar-refractivity contribution in [2.24, 2.45) is 5.14 Å². The molecule has 0 saturated heterocycles. The van der Waals surface area contributed by atoms with E-state index < -0.39 is 10.0 Å². The number of ether oxygens (including phenoxy) is 1. The van der Waals surface area contributed by atoms with Crippen LogP contribution in [0, 0.1) is 0 Å². The number of hydrogen-bond acceptors (Lipinski definition) is 4. The molecule has 0 unspecified atom stereocenters. The molecule has 0 fully saturated rings. The number of nitrogens with two attached hydrogens (primary N) is 1. The lowest BCUT2D eigenvalue weighted by molar-refractivity contribution is 0.330. The summed E-state index contributed by atoms with van der Waals surface area (Å²) in [5.41, 5.74) is 0.553. The largest absolute Gasteiger partial charge is 0.492 e. The molecule has 0 aliphatic carbocycles. The highest BCUT2D eigenvalue weighted by atomic mass is 32.2. The van der Waals surface area contributed by atoms with Crippen LogP contribution in [0.2, 0.25) is 0 Å². The average molecular weight is 281 g/mol. The molecular formula is C12H15N3O3S. The smallest absolute Gasteiger partial charge is 0.242 e. The Hall–Kier alpha value is -1.86. The first-order valence-corrected chi connectivity index (χ1v) is 7.32. The maximum Gasteiger partial charge on any atom is 0.242 e. The number of benzene rings is 1. The Labute approximate surface area is 111 Å². The Morgan fingerprint density at radius 3 is 2.74 bits per heavy atom. The summed E-state index contributed by atoms with van der Waals surface area (Å²) in [7, 11) is -3.86. The number of rotatable bonds is 5. The van der Waals surface area contributed by atoms with Crippen LogP contribution in [0.3, 0.4) is 0 Å². The van der Waals surface area contributed by atoms with Crippen LogP contribution in [0.1, 0.15) is 12.5 Å². The van der Waals surface area contributed by atoms with E-state index in [1.807, 2.05) is 0 Å². The number of nitrogens with zero attached hydrogens (tertiary/aromatic N) is 2. The molecule has 1 aromatic carbocycles. The van der Waals surface area contributed by atoms with E-state index in [-0.39, 0.29) is 10.6 Å². The molecule has 0 aliphatic rings. The molecule has 19 heavy (non-hydrogen) atoms. The van der Waals surface area contributed by atoms with Gasteiger partial charge in [-0.2, -0.15) is 5.10 Å². The zero-order chi connectivity index (χ0) is 13.9. The molecule has 102 valence electrons. The summed E-state index contributed by atoms with van der Waals surface area (Å²) >= 11 is 0. The third-order valence-corrected chi connectivity index (χ3v) is 3.57. The van der Waals surface area contributed by atoms with Crippen molar-refractivity contribution in [1.82, 2.24) is 9.78 Å². The molecule has 2 aromatic rings. The number of hydrogen-bond donors (Lipinski definition) is 1. The predicted octanol–water partition coefficient (Wildman–Crippen LogP) is 0.977. The van der Waals surface area contributed by atoms with E-state index in [2.05, 4.69) is 5.10 Å². The summed E-state index contributed by atoms with van der Waals surface area (Å²) in [5.74, 6) is 0.273. The molecule has 0 amide bonds. The Kier molecular flexibility index (Phi) is 3.87. The van der Waals surface area contributed by atoms with E-state index in [1.54, 1.807) is 48.3 Å². The van der Waals surface area contributed by atoms with Gasteiger partial charge in [-0.15, -0.1) is 0 Å². The zero-order valence-electron chi connectivity index (χ0n) is 10.5. The van der Waals surface area contributed by atoms with Crippen LogP contribution in [0.25, 0.3) is 0 Å². The molecule has 1 aromatic heterocycles. The summed E-state index contributed by atoms with van der Waals surface area (Å²) in [6, 6.07) is 6.79. The van der Waals surface area contributed by atoms with Crippen LogP contribution < -0.4 is 9.88 Å². The molecule has 0 bridgehead atoms. The molecule has 6 nitrogen and oxygen atoms in total. The summed E-state index contributed by atoms with van der Waals surface area (Å²) in [4.78, 5) is 0.0207. The fourth-order valence-electron chi connectivity index (χ4n) is 1.85. The standard InChI is InChI=1S/C12H15N3O3S/c1-2-18-11-6-3-5-10(12(11)19(13,16)17)9-15-8-4-7-14-15/h3-8H,2,9H2,1H3,(H2,13,16,17). The van der Waals surface area contributed by atoms with E-state index in [4.69, 9.17) is 9.88 Å². The highest BCUT2D eigenvalue weighted by molar-refractivity contribution is 7.89. The Balaban J connectivity index is 2.50. The van der Waals surface area contributed by atoms with Crippen molar-refractivity contribution in [2.45, 2.75) is 18.4 Å². The van der Waals surface area contributed by atoms with E-state index in [0.29, 0.717) is 18.7 Å². The maximum atomic E-state index is 11.7. The van der Waals surface area contributed by atoms with Crippen LogP contribution in [0.5, 0.6) is 5.75 Å². The van der Waals surface area contributed by atoms with Crippen molar-refractivity contribution in [3.05, 3.63) is 42.2 Å². The molecule has 2 rings (SSSR count). The number of primary sulfonamides is 1. The van der Waals surface area contributed by atoms with Crippen molar-refractivity contribution in [3.63, 3.8) is 0 Å². The predicted molar refractivity (Wildman–Crippen MR) is 70.3 cm³/mol. The molecule has 0 saturated carbocycles. The van der Waals surface area contributed by atoms with Crippen molar-refractivity contribution in [2.75, 3.05) is 6.61 Å². The van der Waals surface area contributed by atoms with Crippen LogP contribution in [-0.2, 0) is 16.6 Å². The summed E-state index contributed by atoms with van der Waals surface area (Å²) in [5, 5.41) is 9.33. The molecular weight excluding hydrogens is 266 g/mol. The van der Waals surface area contributed by atoms with Gasteiger partial charge in [0.1, 0.15) is 10.6 Å². The van der Waals surface area contributed by atoms with Gasteiger partial charge in [0.05, 0.1) is 13.2 Å². The minimum absolute atomic E-state index is 0.0207. The van der Waals surface area contributed by atoms with Crippen LogP contribution in [0.4, 0.5) is 0 Å². The van der Waals surface area contributed by atoms with Crippen molar-refractivity contribution >= 4 is 10.0 Å². The van der Waals surface area contributed by atoms with Gasteiger partial charge >= 0.3 is 0 Å². The van der Waals surface area contributed by atoms with Gasteiger partial charge in [-0.25, -0.2) is 13.6 Å². The second-order valence-corrected chi connectivity index (χ2v) is 5.42. The van der Waals surface area contributed by atoms with Crippen LogP contribution >= 0.6 is 0 Å². The fraction of sp³-hybridized carbons (Fsp3) is 0.250. The molecule has 7 heteroatoms. The average Bonchev–Trinajstić information content (AvgIpc) is 2.81. The lowest BCUT2D eigenvalue weighted by Crippen LogP contribution is -2.17. The first-order valence-electron chi connectivity index (χ1n) is 5.77. The van der Waals surface area contributed by atoms with Crippen molar-refractivity contribution in [3.8, 4) is 5.75 Å². The number of sulfonamides is 1. The lowest BCUT2D eigenvalue weighted by Gasteiger charge is -2.13. The van der Waals surface area contributed by atoms with E-state index in [0.717, 1.165) is 0 Å². The quantitative estimate of drug-likeness (QED) is 0.885. The highest BCUT2D eigenvalue weighted by Gasteiger charge is 2.20. The maximum absolute atomic E-state index is 11.7. The van der Waals surface area contributed by atoms with E-state index >= 15 is 0 Å². The Bertz CT molecular complexity index is 651. The normalized spacial score (nSPS) is 11.5. The summed E-state index contributed by atoms with van der Waals surface area (Å²) < 4.78 is 30.5. The highest BCUT2D eigenvalue weighted by Crippen LogP contribution is 2.27. The first kappa shape index (κ1) is 13.6. The molecule has 2 N–H and O–H groups in total. The molecule has 0 radical (unpaired) electrons. The van der Waals surface area contributed by atoms with Gasteiger partial charge in [0, 0.05) is 12.4 Å². The molecule has 1 heterocycles. The molecule has 0 aliphatic heterocycles. The van der Waals surface area contributed by atoms with Gasteiger partial charge in [-0.1, -0.05) is 12.1 Å². The topological polar surface area (TPSA) is 87.2 Å². The van der Waals surface area contributed by atoms with E-state index in [9.17, 15) is 8.42 Å². The Morgan fingerprint density at radius 1 is 1.37 bits per heavy atom. The third kappa shape index (κ3) is 3.12. The fourth-order valence-corrected chi connectivity index (χ4v) is 2.75. The summed E-state index contributed by atoms with van der Waals surface area (Å²) in [6.07, 6.45) is 3.38. The first-order chi connectivity index (χ1) is 9.02. The second kappa shape index (κ2) is 5.41. The lowest BCUT2D eigenvalue weighted by atomic mass is 10.2. The SMILES string of the molecule is CCOc1cccc(Cn2cccn2)c1S(N)(=O)=O. The van der Waals surface area contributed by atoms with Gasteiger partial charge in [-0.3, -0.25) is 4.68 Å². The van der Waals surface area contributed by atoms with E-state index in [1.165, 1.54) is 0 Å². The monoisotopic (exact) mass is 281 g/mol. The van der Waals surface area contributed by atoms with Gasteiger partial charge in [0.25, 0.3) is 0 Å². The molecule has 0 atom stereocenters.